The zero-order chi connectivity index (χ0) is 25.5. The van der Waals surface area contributed by atoms with Gasteiger partial charge in [0.05, 0.1) is 18.1 Å². The number of nitrogens with one attached hydrogen (secondary N) is 1. The normalized spacial score (nSPS) is 9.44. The first-order valence-corrected chi connectivity index (χ1v) is 11.6. The van der Waals surface area contributed by atoms with Gasteiger partial charge in [0.25, 0.3) is 0 Å². The Labute approximate surface area is 200 Å². The van der Waals surface area contributed by atoms with Gasteiger partial charge in [0, 0.05) is 5.69 Å². The number of hydrogen-bond donors (Lipinski definition) is 3. The fourth-order valence-corrected chi connectivity index (χ4v) is 2.53. The number of likely N-dealkylation sites (N-methyl/N-ethyl adjacent to an activating group) is 2. The minimum atomic E-state index is -0.758. The summed E-state index contributed by atoms with van der Waals surface area (Å²) < 4.78 is 0. The van der Waals surface area contributed by atoms with E-state index < -0.39 is 11.9 Å². The van der Waals surface area contributed by atoms with Crippen LogP contribution in [0.3, 0.4) is 0 Å². The SMILES string of the molecule is CC.CCCN(C)CC(=O)O.CCCN(C)CC(=O)O.CCc1ccc(NC(C)=S)cc1. The number of benzene rings is 1. The molecule has 0 atom stereocenters. The quantitative estimate of drug-likeness (QED) is 0.417. The van der Waals surface area contributed by atoms with Crippen LogP contribution in [0.4, 0.5) is 5.69 Å². The molecular weight excluding hydrogens is 426 g/mol. The summed E-state index contributed by atoms with van der Waals surface area (Å²) in [4.78, 5) is 24.5. The summed E-state index contributed by atoms with van der Waals surface area (Å²) in [5, 5.41) is 19.6. The van der Waals surface area contributed by atoms with Crippen LogP contribution in [0.1, 0.15) is 59.9 Å². The Bertz CT molecular complexity index is 586. The second-order valence-corrected chi connectivity index (χ2v) is 7.61. The number of carboxylic acids is 2. The van der Waals surface area contributed by atoms with E-state index in [4.69, 9.17) is 22.4 Å². The van der Waals surface area contributed by atoms with Crippen LogP contribution in [0.5, 0.6) is 0 Å². The van der Waals surface area contributed by atoms with Crippen molar-refractivity contribution in [1.29, 1.82) is 0 Å². The monoisotopic (exact) mass is 471 g/mol. The first-order valence-electron chi connectivity index (χ1n) is 11.2. The predicted octanol–water partition coefficient (Wildman–Crippen LogP) is 4.86. The van der Waals surface area contributed by atoms with E-state index in [2.05, 4.69) is 36.5 Å². The molecule has 0 unspecified atom stereocenters. The summed E-state index contributed by atoms with van der Waals surface area (Å²) in [6.45, 7) is 14.1. The summed E-state index contributed by atoms with van der Waals surface area (Å²) in [5.41, 5.74) is 2.42. The van der Waals surface area contributed by atoms with Gasteiger partial charge in [-0.2, -0.15) is 0 Å². The molecule has 0 aromatic heterocycles. The molecule has 0 bridgehead atoms. The minimum absolute atomic E-state index is 0.147. The van der Waals surface area contributed by atoms with Gasteiger partial charge in [0.1, 0.15) is 0 Å². The maximum Gasteiger partial charge on any atom is 0.317 e. The van der Waals surface area contributed by atoms with E-state index in [1.807, 2.05) is 34.6 Å². The molecule has 1 aromatic rings. The minimum Gasteiger partial charge on any atom is -0.480 e. The topological polar surface area (TPSA) is 93.1 Å². The first-order chi connectivity index (χ1) is 15.0. The molecule has 0 aliphatic carbocycles. The average molecular weight is 472 g/mol. The highest BCUT2D eigenvalue weighted by Crippen LogP contribution is 2.09. The molecule has 186 valence electrons. The van der Waals surface area contributed by atoms with Crippen molar-refractivity contribution in [3.63, 3.8) is 0 Å². The van der Waals surface area contributed by atoms with E-state index >= 15 is 0 Å². The van der Waals surface area contributed by atoms with Gasteiger partial charge >= 0.3 is 11.9 Å². The molecule has 0 radical (unpaired) electrons. The molecule has 0 aliphatic heterocycles. The van der Waals surface area contributed by atoms with Crippen LogP contribution >= 0.6 is 12.2 Å². The third-order valence-corrected chi connectivity index (χ3v) is 3.81. The summed E-state index contributed by atoms with van der Waals surface area (Å²) in [6, 6.07) is 8.32. The van der Waals surface area contributed by atoms with Gasteiger partial charge in [-0.05, 0) is 71.1 Å². The van der Waals surface area contributed by atoms with E-state index in [-0.39, 0.29) is 13.1 Å². The number of carboxylic acid groups (broad SMARTS) is 2. The Balaban J connectivity index is -0.000000385. The van der Waals surface area contributed by atoms with Gasteiger partial charge in [-0.1, -0.05) is 59.0 Å². The van der Waals surface area contributed by atoms with E-state index in [1.165, 1.54) is 5.56 Å². The molecule has 1 aromatic carbocycles. The highest BCUT2D eigenvalue weighted by molar-refractivity contribution is 7.80. The van der Waals surface area contributed by atoms with E-state index in [0.717, 1.165) is 43.0 Å². The lowest BCUT2D eigenvalue weighted by Gasteiger charge is -2.10. The smallest absolute Gasteiger partial charge is 0.317 e. The number of hydrogen-bond acceptors (Lipinski definition) is 5. The van der Waals surface area contributed by atoms with Gasteiger partial charge in [-0.25, -0.2) is 0 Å². The zero-order valence-electron chi connectivity index (χ0n) is 21.3. The van der Waals surface area contributed by atoms with E-state index in [9.17, 15) is 9.59 Å². The fraction of sp³-hybridized carbons (Fsp3) is 0.625. The molecule has 32 heavy (non-hydrogen) atoms. The number of carbonyl (C=O) groups is 2. The molecule has 7 nitrogen and oxygen atoms in total. The zero-order valence-corrected chi connectivity index (χ0v) is 22.1. The van der Waals surface area contributed by atoms with Gasteiger partial charge < -0.3 is 15.5 Å². The number of nitrogens with zero attached hydrogens (tertiary/aromatic N) is 2. The molecule has 0 saturated carbocycles. The molecule has 0 spiro atoms. The lowest BCUT2D eigenvalue weighted by atomic mass is 10.1. The van der Waals surface area contributed by atoms with Crippen LogP contribution in [-0.2, 0) is 16.0 Å². The molecule has 8 heteroatoms. The third kappa shape index (κ3) is 26.0. The van der Waals surface area contributed by atoms with Crippen LogP contribution in [0, 0.1) is 0 Å². The van der Waals surface area contributed by atoms with E-state index in [0.29, 0.717) is 0 Å². The summed E-state index contributed by atoms with van der Waals surface area (Å²) in [7, 11) is 3.61. The van der Waals surface area contributed by atoms with E-state index in [1.54, 1.807) is 23.9 Å². The van der Waals surface area contributed by atoms with Crippen molar-refractivity contribution in [2.75, 3.05) is 45.6 Å². The molecule has 0 aliphatic rings. The second-order valence-electron chi connectivity index (χ2n) is 6.99. The van der Waals surface area contributed by atoms with Crippen LogP contribution in [0.15, 0.2) is 24.3 Å². The lowest BCUT2D eigenvalue weighted by molar-refractivity contribution is -0.139. The molecular formula is C24H45N3O4S. The van der Waals surface area contributed by atoms with Crippen molar-refractivity contribution in [3.05, 3.63) is 29.8 Å². The van der Waals surface area contributed by atoms with Gasteiger partial charge in [0.2, 0.25) is 0 Å². The highest BCUT2D eigenvalue weighted by atomic mass is 32.1. The summed E-state index contributed by atoms with van der Waals surface area (Å²) in [5.74, 6) is -1.52. The third-order valence-electron chi connectivity index (χ3n) is 3.70. The van der Waals surface area contributed by atoms with Crippen molar-refractivity contribution < 1.29 is 19.8 Å². The van der Waals surface area contributed by atoms with Crippen LogP contribution < -0.4 is 5.32 Å². The molecule has 0 fully saturated rings. The number of rotatable bonds is 10. The maximum atomic E-state index is 10.0. The van der Waals surface area contributed by atoms with Crippen molar-refractivity contribution in [2.45, 2.75) is 60.8 Å². The Hall–Kier alpha value is -2.03. The van der Waals surface area contributed by atoms with Crippen molar-refractivity contribution >= 4 is 34.8 Å². The van der Waals surface area contributed by atoms with Crippen molar-refractivity contribution in [1.82, 2.24) is 9.80 Å². The van der Waals surface area contributed by atoms with Crippen molar-refractivity contribution in [2.24, 2.45) is 0 Å². The Morgan fingerprint density at radius 1 is 0.875 bits per heavy atom. The highest BCUT2D eigenvalue weighted by Gasteiger charge is 2.01. The largest absolute Gasteiger partial charge is 0.480 e. The van der Waals surface area contributed by atoms with Crippen LogP contribution in [0.25, 0.3) is 0 Å². The molecule has 1 rings (SSSR count). The number of anilines is 1. The molecule has 0 saturated heterocycles. The molecule has 0 amide bonds. The molecule has 3 N–H and O–H groups in total. The number of aryl methyl sites for hydroxylation is 1. The van der Waals surface area contributed by atoms with Gasteiger partial charge in [0.15, 0.2) is 0 Å². The first kappa shape index (κ1) is 34.6. The Morgan fingerprint density at radius 2 is 1.25 bits per heavy atom. The van der Waals surface area contributed by atoms with Crippen LogP contribution in [-0.4, -0.2) is 77.2 Å². The Morgan fingerprint density at radius 3 is 1.50 bits per heavy atom. The fourth-order valence-electron chi connectivity index (χ4n) is 2.41. The van der Waals surface area contributed by atoms with Gasteiger partial charge in [-0.15, -0.1) is 0 Å². The van der Waals surface area contributed by atoms with Crippen molar-refractivity contribution in [3.8, 4) is 0 Å². The number of aliphatic carboxylic acids is 2. The standard InChI is InChI=1S/C10H13NS.2C6H13NO2.C2H6/c1-3-9-4-6-10(7-5-9)11-8(2)12;2*1-3-4-7(2)5-6(8)9;1-2/h4-7H,3H2,1-2H3,(H,11,12);2*3-5H2,1-2H3,(H,8,9);1-2H3. The average Bonchev–Trinajstić information content (AvgIpc) is 2.70. The second kappa shape index (κ2) is 23.6. The number of thiocarbonyl (C=S) groups is 1. The predicted molar refractivity (Wildman–Crippen MR) is 140 cm³/mol. The van der Waals surface area contributed by atoms with Gasteiger partial charge in [-0.3, -0.25) is 19.4 Å². The summed E-state index contributed by atoms with van der Waals surface area (Å²) >= 11 is 4.93. The van der Waals surface area contributed by atoms with Crippen LogP contribution in [0.2, 0.25) is 0 Å². The maximum absolute atomic E-state index is 10.0. The Kier molecular flexibility index (Phi) is 25.5. The lowest BCUT2D eigenvalue weighted by Crippen LogP contribution is -2.26. The molecule has 0 heterocycles. The summed E-state index contributed by atoms with van der Waals surface area (Å²) in [6.07, 6.45) is 3.09.